The van der Waals surface area contributed by atoms with Gasteiger partial charge in [-0.3, -0.25) is 9.59 Å². The summed E-state index contributed by atoms with van der Waals surface area (Å²) in [6, 6.07) is 5.11. The Balaban J connectivity index is 3.14. The number of amides is 3. The molecule has 1 rings (SSSR count). The molecule has 2 atom stereocenters. The summed E-state index contributed by atoms with van der Waals surface area (Å²) in [6.45, 7) is 15.1. The number of hydrogen-bond donors (Lipinski definition) is 2. The zero-order chi connectivity index (χ0) is 23.8. The van der Waals surface area contributed by atoms with Crippen molar-refractivity contribution in [2.45, 2.75) is 85.9 Å². The first-order valence-corrected chi connectivity index (χ1v) is 11.0. The maximum absolute atomic E-state index is 13.3. The molecule has 0 aliphatic carbocycles. The fourth-order valence-electron chi connectivity index (χ4n) is 3.53. The summed E-state index contributed by atoms with van der Waals surface area (Å²) in [6.07, 6.45) is 1.14. The minimum atomic E-state index is -0.782. The molecule has 174 valence electrons. The molecule has 0 aliphatic rings. The Bertz CT molecular complexity index is 750. The van der Waals surface area contributed by atoms with Crippen molar-refractivity contribution in [2.24, 2.45) is 0 Å². The van der Waals surface area contributed by atoms with Crippen LogP contribution in [0.2, 0.25) is 0 Å². The molecule has 2 unspecified atom stereocenters. The molecular weight excluding hydrogens is 394 g/mol. The maximum Gasteiger partial charge on any atom is 0.408 e. The first-order chi connectivity index (χ1) is 14.4. The second-order valence-corrected chi connectivity index (χ2v) is 9.06. The van der Waals surface area contributed by atoms with E-state index < -0.39 is 17.7 Å². The van der Waals surface area contributed by atoms with Gasteiger partial charge in [0.1, 0.15) is 18.2 Å². The van der Waals surface area contributed by atoms with E-state index >= 15 is 0 Å². The number of benzene rings is 1. The van der Waals surface area contributed by atoms with Gasteiger partial charge >= 0.3 is 6.09 Å². The second kappa shape index (κ2) is 11.7. The smallest absolute Gasteiger partial charge is 0.408 e. The number of ether oxygens (including phenoxy) is 1. The Morgan fingerprint density at radius 3 is 2.13 bits per heavy atom. The number of nitrogens with one attached hydrogen (secondary N) is 2. The van der Waals surface area contributed by atoms with Gasteiger partial charge in [0.05, 0.1) is 0 Å². The third-order valence-electron chi connectivity index (χ3n) is 4.67. The van der Waals surface area contributed by atoms with E-state index in [1.165, 1.54) is 4.90 Å². The Labute approximate surface area is 186 Å². The average molecular weight is 434 g/mol. The molecular formula is C24H39N3O4. The van der Waals surface area contributed by atoms with E-state index in [9.17, 15) is 14.4 Å². The number of aryl methyl sites for hydroxylation is 2. The molecule has 0 aliphatic heterocycles. The number of hydrogen-bond acceptors (Lipinski definition) is 4. The average Bonchev–Trinajstić information content (AvgIpc) is 2.61. The zero-order valence-electron chi connectivity index (χ0n) is 20.3. The van der Waals surface area contributed by atoms with E-state index in [0.29, 0.717) is 6.54 Å². The molecule has 0 fully saturated rings. The molecule has 0 radical (unpaired) electrons. The van der Waals surface area contributed by atoms with Gasteiger partial charge in [0.2, 0.25) is 11.8 Å². The van der Waals surface area contributed by atoms with E-state index in [2.05, 4.69) is 17.6 Å². The number of carbonyl (C=O) groups excluding carboxylic acids is 3. The van der Waals surface area contributed by atoms with Crippen LogP contribution in [0.25, 0.3) is 0 Å². The van der Waals surface area contributed by atoms with Gasteiger partial charge in [-0.25, -0.2) is 4.79 Å². The highest BCUT2D eigenvalue weighted by atomic mass is 16.6. The van der Waals surface area contributed by atoms with Crippen LogP contribution in [0.3, 0.4) is 0 Å². The van der Waals surface area contributed by atoms with Crippen LogP contribution in [0.4, 0.5) is 4.79 Å². The van der Waals surface area contributed by atoms with Gasteiger partial charge in [0.25, 0.3) is 0 Å². The highest BCUT2D eigenvalue weighted by Crippen LogP contribution is 2.24. The predicted octanol–water partition coefficient (Wildman–Crippen LogP) is 4.02. The standard InChI is InChI=1S/C24H39N3O4/c1-9-11-18(5)26-22(29)21(19-13-16(3)12-17(4)14-19)27(10-2)20(28)15-25-23(30)31-24(6,7)8/h12-14,18,21H,9-11,15H2,1-8H3,(H,25,30)(H,26,29). The van der Waals surface area contributed by atoms with Crippen LogP contribution >= 0.6 is 0 Å². The normalized spacial score (nSPS) is 13.2. The number of alkyl carbamates (subject to hydrolysis) is 1. The molecule has 0 spiro atoms. The molecule has 2 N–H and O–H groups in total. The lowest BCUT2D eigenvalue weighted by Crippen LogP contribution is -2.49. The van der Waals surface area contributed by atoms with Crippen LogP contribution in [-0.2, 0) is 14.3 Å². The highest BCUT2D eigenvalue weighted by molar-refractivity contribution is 5.90. The van der Waals surface area contributed by atoms with Gasteiger partial charge in [-0.15, -0.1) is 0 Å². The summed E-state index contributed by atoms with van der Waals surface area (Å²) in [4.78, 5) is 39.8. The zero-order valence-corrected chi connectivity index (χ0v) is 20.3. The van der Waals surface area contributed by atoms with Gasteiger partial charge in [0, 0.05) is 12.6 Å². The van der Waals surface area contributed by atoms with Gasteiger partial charge < -0.3 is 20.3 Å². The molecule has 1 aromatic rings. The molecule has 0 heterocycles. The minimum absolute atomic E-state index is 0.000368. The van der Waals surface area contributed by atoms with E-state index in [-0.39, 0.29) is 24.4 Å². The molecule has 7 heteroatoms. The Hall–Kier alpha value is -2.57. The third-order valence-corrected chi connectivity index (χ3v) is 4.67. The fraction of sp³-hybridized carbons (Fsp3) is 0.625. The topological polar surface area (TPSA) is 87.7 Å². The molecule has 0 saturated heterocycles. The van der Waals surface area contributed by atoms with Gasteiger partial charge in [-0.1, -0.05) is 42.7 Å². The third kappa shape index (κ3) is 8.99. The summed E-state index contributed by atoms with van der Waals surface area (Å²) >= 11 is 0. The first kappa shape index (κ1) is 26.5. The second-order valence-electron chi connectivity index (χ2n) is 9.06. The largest absolute Gasteiger partial charge is 0.444 e. The van der Waals surface area contributed by atoms with Crippen molar-refractivity contribution >= 4 is 17.9 Å². The number of likely N-dealkylation sites (N-methyl/N-ethyl adjacent to an activating group) is 1. The number of rotatable bonds is 9. The first-order valence-electron chi connectivity index (χ1n) is 11.0. The number of nitrogens with zero attached hydrogens (tertiary/aromatic N) is 1. The van der Waals surface area contributed by atoms with Crippen molar-refractivity contribution < 1.29 is 19.1 Å². The van der Waals surface area contributed by atoms with Crippen molar-refractivity contribution in [1.29, 1.82) is 0 Å². The lowest BCUT2D eigenvalue weighted by Gasteiger charge is -2.32. The van der Waals surface area contributed by atoms with Crippen molar-refractivity contribution in [3.63, 3.8) is 0 Å². The van der Waals surface area contributed by atoms with Gasteiger partial charge in [-0.05, 0) is 60.5 Å². The molecule has 31 heavy (non-hydrogen) atoms. The van der Waals surface area contributed by atoms with Crippen molar-refractivity contribution in [3.05, 3.63) is 34.9 Å². The van der Waals surface area contributed by atoms with Crippen molar-refractivity contribution in [1.82, 2.24) is 15.5 Å². The van der Waals surface area contributed by atoms with E-state index in [4.69, 9.17) is 4.74 Å². The predicted molar refractivity (Wildman–Crippen MR) is 123 cm³/mol. The Kier molecular flexibility index (Phi) is 10.0. The van der Waals surface area contributed by atoms with E-state index in [1.54, 1.807) is 20.8 Å². The SMILES string of the molecule is CCCC(C)NC(=O)C(c1cc(C)cc(C)c1)N(CC)C(=O)CNC(=O)OC(C)(C)C. The van der Waals surface area contributed by atoms with E-state index in [1.807, 2.05) is 45.9 Å². The summed E-state index contributed by atoms with van der Waals surface area (Å²) in [5.74, 6) is -0.575. The lowest BCUT2D eigenvalue weighted by molar-refractivity contribution is -0.140. The summed E-state index contributed by atoms with van der Waals surface area (Å²) in [5, 5.41) is 5.54. The van der Waals surface area contributed by atoms with Crippen molar-refractivity contribution in [2.75, 3.05) is 13.1 Å². The lowest BCUT2D eigenvalue weighted by atomic mass is 9.98. The maximum atomic E-state index is 13.3. The summed E-state index contributed by atoms with van der Waals surface area (Å²) < 4.78 is 5.20. The molecule has 1 aromatic carbocycles. The van der Waals surface area contributed by atoms with Gasteiger partial charge in [-0.2, -0.15) is 0 Å². The van der Waals surface area contributed by atoms with Crippen LogP contribution in [0.5, 0.6) is 0 Å². The molecule has 3 amide bonds. The van der Waals surface area contributed by atoms with Crippen LogP contribution in [-0.4, -0.2) is 47.5 Å². The quantitative estimate of drug-likeness (QED) is 0.616. The summed E-state index contributed by atoms with van der Waals surface area (Å²) in [7, 11) is 0. The van der Waals surface area contributed by atoms with Crippen molar-refractivity contribution in [3.8, 4) is 0 Å². The Morgan fingerprint density at radius 2 is 1.65 bits per heavy atom. The molecule has 7 nitrogen and oxygen atoms in total. The summed E-state index contributed by atoms with van der Waals surface area (Å²) in [5.41, 5.74) is 2.13. The van der Waals surface area contributed by atoms with Crippen LogP contribution in [0.15, 0.2) is 18.2 Å². The minimum Gasteiger partial charge on any atom is -0.444 e. The van der Waals surface area contributed by atoms with Gasteiger partial charge in [0.15, 0.2) is 0 Å². The Morgan fingerprint density at radius 1 is 1.06 bits per heavy atom. The molecule has 0 aromatic heterocycles. The fourth-order valence-corrected chi connectivity index (χ4v) is 3.53. The highest BCUT2D eigenvalue weighted by Gasteiger charge is 2.31. The molecule has 0 saturated carbocycles. The molecule has 0 bridgehead atoms. The van der Waals surface area contributed by atoms with Crippen LogP contribution in [0, 0.1) is 13.8 Å². The monoisotopic (exact) mass is 433 g/mol. The number of carbonyl (C=O) groups is 3. The van der Waals surface area contributed by atoms with Crippen LogP contribution < -0.4 is 10.6 Å². The van der Waals surface area contributed by atoms with Crippen LogP contribution in [0.1, 0.15) is 77.1 Å². The van der Waals surface area contributed by atoms with E-state index in [0.717, 1.165) is 29.5 Å².